The lowest BCUT2D eigenvalue weighted by Crippen LogP contribution is -2.57. The van der Waals surface area contributed by atoms with E-state index in [4.69, 9.17) is 9.84 Å². The molecule has 43 heavy (non-hydrogen) atoms. The summed E-state index contributed by atoms with van der Waals surface area (Å²) in [5.74, 6) is -0.642. The van der Waals surface area contributed by atoms with Crippen molar-refractivity contribution in [1.29, 1.82) is 0 Å². The van der Waals surface area contributed by atoms with Crippen molar-refractivity contribution in [3.8, 4) is 11.4 Å². The van der Waals surface area contributed by atoms with E-state index in [1.54, 1.807) is 30.2 Å². The van der Waals surface area contributed by atoms with Gasteiger partial charge in [0.05, 0.1) is 41.6 Å². The SMILES string of the molecule is CC(C)(C)OC(=O)NC1(CO)CCC1.Cn1nc(-c2cnc3[nH]cc(C(=O)NC4(CO)CCC4)c3n2)c2ccc(F)cc21. The average molecular weight is 596 g/mol. The number of aryl methyl sites for hydroxylation is 1. The fraction of sp³-hybridized carbons (Fsp3) is 0.500. The van der Waals surface area contributed by atoms with Crippen molar-refractivity contribution in [2.75, 3.05) is 13.2 Å². The zero-order valence-electron chi connectivity index (χ0n) is 24.8. The molecular weight excluding hydrogens is 557 g/mol. The van der Waals surface area contributed by atoms with Crippen LogP contribution in [0, 0.1) is 5.82 Å². The van der Waals surface area contributed by atoms with Gasteiger partial charge in [-0.1, -0.05) is 0 Å². The number of fused-ring (bicyclic) bond motifs is 2. The van der Waals surface area contributed by atoms with Crippen molar-refractivity contribution in [3.63, 3.8) is 0 Å². The summed E-state index contributed by atoms with van der Waals surface area (Å²) in [7, 11) is 1.74. The van der Waals surface area contributed by atoms with E-state index in [2.05, 4.69) is 30.7 Å². The smallest absolute Gasteiger partial charge is 0.408 e. The molecule has 3 heterocycles. The Bertz CT molecular complexity index is 1640. The van der Waals surface area contributed by atoms with Crippen LogP contribution in [0.5, 0.6) is 0 Å². The van der Waals surface area contributed by atoms with Gasteiger partial charge in [0.2, 0.25) is 0 Å². The van der Waals surface area contributed by atoms with Crippen molar-refractivity contribution >= 4 is 34.1 Å². The lowest BCUT2D eigenvalue weighted by atomic mass is 9.77. The maximum Gasteiger partial charge on any atom is 0.408 e. The number of carbonyl (C=O) groups excluding carboxylic acids is 2. The first kappa shape index (κ1) is 30.4. The molecule has 2 saturated carbocycles. The van der Waals surface area contributed by atoms with Crippen LogP contribution in [0.25, 0.3) is 33.5 Å². The van der Waals surface area contributed by atoms with Crippen LogP contribution in [0.3, 0.4) is 0 Å². The minimum Gasteiger partial charge on any atom is -0.444 e. The van der Waals surface area contributed by atoms with Crippen molar-refractivity contribution in [3.05, 3.63) is 42.0 Å². The van der Waals surface area contributed by atoms with Gasteiger partial charge >= 0.3 is 6.09 Å². The standard InChI is InChI=1S/C20H19FN6O2.C10H19NO3/c1-27-15-7-11(21)3-4-12(15)16(26-27)14-9-23-18-17(24-14)13(8-22-18)19(29)25-20(10-28)5-2-6-20;1-9(2,3)14-8(13)11-10(7-12)5-4-6-10/h3-4,7-9,28H,2,5-6,10H2,1H3,(H,22,23)(H,25,29);12H,4-7H2,1-3H3,(H,11,13). The second-order valence-electron chi connectivity index (χ2n) is 12.5. The number of amides is 2. The van der Waals surface area contributed by atoms with Crippen molar-refractivity contribution in [1.82, 2.24) is 35.4 Å². The number of H-pyrrole nitrogens is 1. The number of aliphatic hydroxyl groups excluding tert-OH is 2. The molecule has 0 spiro atoms. The molecule has 0 saturated heterocycles. The van der Waals surface area contributed by atoms with E-state index in [9.17, 15) is 19.1 Å². The molecule has 0 atom stereocenters. The number of aliphatic hydroxyl groups is 2. The molecule has 2 aliphatic rings. The summed E-state index contributed by atoms with van der Waals surface area (Å²) in [6.07, 6.45) is 7.92. The summed E-state index contributed by atoms with van der Waals surface area (Å²) in [5, 5.41) is 29.6. The van der Waals surface area contributed by atoms with Crippen LogP contribution in [0.2, 0.25) is 0 Å². The van der Waals surface area contributed by atoms with E-state index in [0.717, 1.165) is 43.9 Å². The highest BCUT2D eigenvalue weighted by Gasteiger charge is 2.39. The van der Waals surface area contributed by atoms with Crippen molar-refractivity contribution in [2.45, 2.75) is 76.0 Å². The Morgan fingerprint density at radius 1 is 1.09 bits per heavy atom. The second-order valence-corrected chi connectivity index (χ2v) is 12.5. The molecule has 4 aromatic rings. The first-order valence-electron chi connectivity index (χ1n) is 14.4. The third kappa shape index (κ3) is 6.32. The van der Waals surface area contributed by atoms with E-state index in [1.165, 1.54) is 12.1 Å². The Labute approximate surface area is 248 Å². The predicted octanol–water partition coefficient (Wildman–Crippen LogP) is 3.72. The summed E-state index contributed by atoms with van der Waals surface area (Å²) >= 11 is 0. The first-order valence-corrected chi connectivity index (χ1v) is 14.4. The number of hydrogen-bond donors (Lipinski definition) is 5. The quantitative estimate of drug-likeness (QED) is 0.225. The van der Waals surface area contributed by atoms with Gasteiger partial charge in [-0.2, -0.15) is 5.10 Å². The number of aromatic amines is 1. The Balaban J connectivity index is 0.000000222. The van der Waals surface area contributed by atoms with Crippen LogP contribution in [0.15, 0.2) is 30.6 Å². The first-order chi connectivity index (χ1) is 20.4. The number of aromatic nitrogens is 5. The number of nitrogens with one attached hydrogen (secondary N) is 3. The number of benzene rings is 1. The maximum atomic E-state index is 13.6. The van der Waals surface area contributed by atoms with E-state index < -0.39 is 22.8 Å². The Kier molecular flexibility index (Phi) is 8.14. The van der Waals surface area contributed by atoms with E-state index in [-0.39, 0.29) is 24.9 Å². The zero-order chi connectivity index (χ0) is 31.0. The molecule has 0 bridgehead atoms. The van der Waals surface area contributed by atoms with Crippen molar-refractivity contribution in [2.24, 2.45) is 7.05 Å². The van der Waals surface area contributed by atoms with Crippen LogP contribution >= 0.6 is 0 Å². The molecule has 12 nitrogen and oxygen atoms in total. The molecule has 3 aromatic heterocycles. The molecular formula is C30H38FN7O5. The molecule has 2 fully saturated rings. The van der Waals surface area contributed by atoms with Gasteiger partial charge in [0.1, 0.15) is 28.3 Å². The Morgan fingerprint density at radius 3 is 2.33 bits per heavy atom. The molecule has 2 aliphatic carbocycles. The molecule has 230 valence electrons. The molecule has 0 aliphatic heterocycles. The zero-order valence-corrected chi connectivity index (χ0v) is 24.8. The van der Waals surface area contributed by atoms with Gasteiger partial charge in [-0.15, -0.1) is 0 Å². The van der Waals surface area contributed by atoms with Crippen LogP contribution in [-0.2, 0) is 11.8 Å². The van der Waals surface area contributed by atoms with Gasteiger partial charge in [0, 0.05) is 18.6 Å². The third-order valence-corrected chi connectivity index (χ3v) is 8.05. The van der Waals surface area contributed by atoms with Gasteiger partial charge < -0.3 is 30.6 Å². The van der Waals surface area contributed by atoms with Gasteiger partial charge in [-0.3, -0.25) is 9.48 Å². The minimum absolute atomic E-state index is 0.00770. The number of nitrogens with zero attached hydrogens (tertiary/aromatic N) is 4. The van der Waals surface area contributed by atoms with Gasteiger partial charge in [0.25, 0.3) is 5.91 Å². The lowest BCUT2D eigenvalue weighted by molar-refractivity contribution is 0.0264. The Morgan fingerprint density at radius 2 is 1.74 bits per heavy atom. The molecule has 2 amide bonds. The van der Waals surface area contributed by atoms with Gasteiger partial charge in [-0.25, -0.2) is 19.2 Å². The fourth-order valence-electron chi connectivity index (χ4n) is 5.28. The summed E-state index contributed by atoms with van der Waals surface area (Å²) in [6, 6.07) is 4.45. The molecule has 5 N–H and O–H groups in total. The number of halogens is 1. The highest BCUT2D eigenvalue weighted by Crippen LogP contribution is 2.33. The summed E-state index contributed by atoms with van der Waals surface area (Å²) in [4.78, 5) is 36.2. The monoisotopic (exact) mass is 595 g/mol. The van der Waals surface area contributed by atoms with E-state index in [0.29, 0.717) is 33.6 Å². The fourth-order valence-corrected chi connectivity index (χ4v) is 5.28. The number of hydrogen-bond acceptors (Lipinski definition) is 8. The highest BCUT2D eigenvalue weighted by atomic mass is 19.1. The topological polar surface area (TPSA) is 167 Å². The van der Waals surface area contributed by atoms with E-state index in [1.807, 2.05) is 20.8 Å². The van der Waals surface area contributed by atoms with Crippen LogP contribution < -0.4 is 10.6 Å². The average Bonchev–Trinajstić information content (AvgIpc) is 3.48. The highest BCUT2D eigenvalue weighted by molar-refractivity contribution is 6.05. The van der Waals surface area contributed by atoms with Gasteiger partial charge in [0.15, 0.2) is 5.65 Å². The number of carbonyl (C=O) groups is 2. The number of rotatable bonds is 6. The normalized spacial score (nSPS) is 16.9. The summed E-state index contributed by atoms with van der Waals surface area (Å²) < 4.78 is 20.3. The molecule has 0 radical (unpaired) electrons. The molecule has 6 rings (SSSR count). The molecule has 0 unspecified atom stereocenters. The molecule has 13 heteroatoms. The number of alkyl carbamates (subject to hydrolysis) is 1. The number of ether oxygens (including phenoxy) is 1. The third-order valence-electron chi connectivity index (χ3n) is 8.05. The van der Waals surface area contributed by atoms with E-state index >= 15 is 0 Å². The van der Waals surface area contributed by atoms with Gasteiger partial charge in [-0.05, 0) is 77.5 Å². The summed E-state index contributed by atoms with van der Waals surface area (Å²) in [5.41, 5.74) is 1.52. The maximum absolute atomic E-state index is 13.6. The summed E-state index contributed by atoms with van der Waals surface area (Å²) in [6.45, 7) is 5.36. The second kappa shape index (κ2) is 11.5. The lowest BCUT2D eigenvalue weighted by Gasteiger charge is -2.41. The minimum atomic E-state index is -0.549. The molecule has 1 aromatic carbocycles. The van der Waals surface area contributed by atoms with Crippen LogP contribution in [0.4, 0.5) is 9.18 Å². The predicted molar refractivity (Wildman–Crippen MR) is 158 cm³/mol. The van der Waals surface area contributed by atoms with Crippen LogP contribution in [0.1, 0.15) is 69.7 Å². The van der Waals surface area contributed by atoms with Crippen molar-refractivity contribution < 1.29 is 28.9 Å². The Hall–Kier alpha value is -4.10. The van der Waals surface area contributed by atoms with Crippen LogP contribution in [-0.4, -0.2) is 76.8 Å². The largest absolute Gasteiger partial charge is 0.444 e.